The normalized spacial score (nSPS) is 10.6. The van der Waals surface area contributed by atoms with Gasteiger partial charge in [0.1, 0.15) is 12.6 Å². The molecule has 0 aromatic carbocycles. The number of allylic oxidation sites excluding steroid dienone is 2. The van der Waals surface area contributed by atoms with Crippen molar-refractivity contribution in [3.8, 4) is 0 Å². The maximum absolute atomic E-state index is 10.1. The van der Waals surface area contributed by atoms with Gasteiger partial charge in [0.15, 0.2) is 0 Å². The van der Waals surface area contributed by atoms with Crippen molar-refractivity contribution in [2.24, 2.45) is 0 Å². The predicted octanol–water partition coefficient (Wildman–Crippen LogP) is 8.77. The predicted molar refractivity (Wildman–Crippen MR) is 125 cm³/mol. The molecule has 0 saturated heterocycles. The van der Waals surface area contributed by atoms with E-state index in [0.29, 0.717) is 0 Å². The highest BCUT2D eigenvalue weighted by atomic mass is 16.1. The molecule has 166 valence electrons. The molecule has 0 aliphatic rings. The first-order chi connectivity index (χ1) is 13.8. The third kappa shape index (κ3) is 32.7. The average Bonchev–Trinajstić information content (AvgIpc) is 2.71. The zero-order valence-corrected chi connectivity index (χ0v) is 19.3. The van der Waals surface area contributed by atoms with Crippen LogP contribution in [0.4, 0.5) is 0 Å². The summed E-state index contributed by atoms with van der Waals surface area (Å²) in [5.41, 5.74) is 0. The number of rotatable bonds is 21. The van der Waals surface area contributed by atoms with Gasteiger partial charge in [-0.25, -0.2) is 0 Å². The quantitative estimate of drug-likeness (QED) is 0.111. The molecule has 28 heavy (non-hydrogen) atoms. The number of unbranched alkanes of at least 4 members (excludes halogenated alkanes) is 17. The third-order valence-electron chi connectivity index (χ3n) is 5.02. The van der Waals surface area contributed by atoms with Gasteiger partial charge in [-0.2, -0.15) is 0 Å². The van der Waals surface area contributed by atoms with Crippen molar-refractivity contribution in [1.29, 1.82) is 0 Å². The Hall–Kier alpha value is -0.920. The lowest BCUT2D eigenvalue weighted by Gasteiger charge is -2.01. The van der Waals surface area contributed by atoms with Gasteiger partial charge in [-0.1, -0.05) is 109 Å². The lowest BCUT2D eigenvalue weighted by atomic mass is 10.1. The Labute approximate surface area is 177 Å². The molecule has 0 fully saturated rings. The molecule has 0 aromatic heterocycles. The first kappa shape index (κ1) is 29.3. The van der Waals surface area contributed by atoms with Crippen LogP contribution in [0, 0.1) is 0 Å². The van der Waals surface area contributed by atoms with Gasteiger partial charge in [0, 0.05) is 12.8 Å². The van der Waals surface area contributed by atoms with Crippen LogP contribution in [0.25, 0.3) is 0 Å². The molecule has 0 rings (SSSR count). The number of hydrogen-bond acceptors (Lipinski definition) is 2. The van der Waals surface area contributed by atoms with E-state index in [9.17, 15) is 9.59 Å². The molecule has 0 amide bonds. The van der Waals surface area contributed by atoms with Crippen LogP contribution < -0.4 is 0 Å². The van der Waals surface area contributed by atoms with Crippen LogP contribution in [-0.4, -0.2) is 12.6 Å². The molecular formula is C26H50O2. The number of hydrogen-bond donors (Lipinski definition) is 0. The summed E-state index contributed by atoms with van der Waals surface area (Å²) in [4.78, 5) is 20.1. The highest BCUT2D eigenvalue weighted by Gasteiger charge is 1.92. The molecule has 0 heterocycles. The number of carbonyl (C=O) groups excluding carboxylic acids is 2. The fourth-order valence-electron chi connectivity index (χ4n) is 3.20. The van der Waals surface area contributed by atoms with Gasteiger partial charge in [-0.3, -0.25) is 0 Å². The molecule has 0 aromatic rings. The molecule has 0 aliphatic heterocycles. The van der Waals surface area contributed by atoms with E-state index in [1.54, 1.807) is 0 Å². The minimum absolute atomic E-state index is 0.746. The smallest absolute Gasteiger partial charge is 0.119 e. The molecule has 0 bridgehead atoms. The second-order valence-electron chi connectivity index (χ2n) is 7.88. The summed E-state index contributed by atoms with van der Waals surface area (Å²) in [6.45, 7) is 4.43. The second-order valence-corrected chi connectivity index (χ2v) is 7.88. The summed E-state index contributed by atoms with van der Waals surface area (Å²) >= 11 is 0. The summed E-state index contributed by atoms with van der Waals surface area (Å²) < 4.78 is 0. The van der Waals surface area contributed by atoms with Crippen LogP contribution in [0.2, 0.25) is 0 Å². The first-order valence-corrected chi connectivity index (χ1v) is 12.4. The molecule has 2 heteroatoms. The van der Waals surface area contributed by atoms with E-state index in [1.807, 2.05) is 0 Å². The van der Waals surface area contributed by atoms with Crippen LogP contribution in [0.3, 0.4) is 0 Å². The summed E-state index contributed by atoms with van der Waals surface area (Å²) in [6, 6.07) is 0. The topological polar surface area (TPSA) is 34.1 Å². The van der Waals surface area contributed by atoms with Crippen LogP contribution in [0.1, 0.15) is 142 Å². The lowest BCUT2D eigenvalue weighted by Crippen LogP contribution is -1.82. The number of carbonyl (C=O) groups is 2. The standard InChI is InChI=1S/C14H28O.C12H22O/c1-2-3-4-5-6-7-8-9-10-11-12-13-14-15;1-2-3-4-5-6-7-8-9-10-11-12-13/h14H,2-13H2,1H3;3-4,12H,2,5-11H2,1H3/b;4-3-. The Morgan fingerprint density at radius 2 is 0.786 bits per heavy atom. The van der Waals surface area contributed by atoms with Gasteiger partial charge in [-0.15, -0.1) is 0 Å². The maximum Gasteiger partial charge on any atom is 0.119 e. The Kier molecular flexibility index (Phi) is 32.2. The van der Waals surface area contributed by atoms with Crippen molar-refractivity contribution >= 4 is 12.6 Å². The van der Waals surface area contributed by atoms with Crippen LogP contribution in [0.15, 0.2) is 12.2 Å². The van der Waals surface area contributed by atoms with Crippen LogP contribution in [-0.2, 0) is 9.59 Å². The highest BCUT2D eigenvalue weighted by Crippen LogP contribution is 2.11. The van der Waals surface area contributed by atoms with Crippen molar-refractivity contribution in [2.45, 2.75) is 142 Å². The van der Waals surface area contributed by atoms with Crippen LogP contribution >= 0.6 is 0 Å². The summed E-state index contributed by atoms with van der Waals surface area (Å²) in [5.74, 6) is 0. The minimum Gasteiger partial charge on any atom is -0.303 e. The molecular weight excluding hydrogens is 344 g/mol. The summed E-state index contributed by atoms with van der Waals surface area (Å²) in [7, 11) is 0. The van der Waals surface area contributed by atoms with E-state index in [-0.39, 0.29) is 0 Å². The van der Waals surface area contributed by atoms with Crippen molar-refractivity contribution in [3.63, 3.8) is 0 Å². The summed E-state index contributed by atoms with van der Waals surface area (Å²) in [5, 5.41) is 0. The van der Waals surface area contributed by atoms with E-state index >= 15 is 0 Å². The molecule has 0 aliphatic carbocycles. The van der Waals surface area contributed by atoms with Gasteiger partial charge in [0.2, 0.25) is 0 Å². The Morgan fingerprint density at radius 3 is 1.14 bits per heavy atom. The van der Waals surface area contributed by atoms with Gasteiger partial charge in [0.05, 0.1) is 0 Å². The summed E-state index contributed by atoms with van der Waals surface area (Å²) in [6.07, 6.45) is 31.5. The van der Waals surface area contributed by atoms with Gasteiger partial charge in [-0.05, 0) is 32.1 Å². The largest absolute Gasteiger partial charge is 0.303 e. The van der Waals surface area contributed by atoms with E-state index in [1.165, 1.54) is 96.3 Å². The SMILES string of the molecule is CC/C=C\CCCCCCCC=O.CCCCCCCCCCCCCC=O. The first-order valence-electron chi connectivity index (χ1n) is 12.4. The zero-order valence-electron chi connectivity index (χ0n) is 19.3. The van der Waals surface area contributed by atoms with Gasteiger partial charge >= 0.3 is 0 Å². The Bertz CT molecular complexity index is 310. The Morgan fingerprint density at radius 1 is 0.429 bits per heavy atom. The third-order valence-corrected chi connectivity index (χ3v) is 5.02. The number of aldehydes is 2. The van der Waals surface area contributed by atoms with Crippen molar-refractivity contribution < 1.29 is 9.59 Å². The fraction of sp³-hybridized carbons (Fsp3) is 0.846. The van der Waals surface area contributed by atoms with Crippen molar-refractivity contribution in [2.75, 3.05) is 0 Å². The Balaban J connectivity index is 0. The zero-order chi connectivity index (χ0) is 21.0. The van der Waals surface area contributed by atoms with Crippen LogP contribution in [0.5, 0.6) is 0 Å². The minimum atomic E-state index is 0.746. The van der Waals surface area contributed by atoms with Gasteiger partial charge < -0.3 is 9.59 Å². The van der Waals surface area contributed by atoms with Gasteiger partial charge in [0.25, 0.3) is 0 Å². The molecule has 0 radical (unpaired) electrons. The van der Waals surface area contributed by atoms with Crippen molar-refractivity contribution in [1.82, 2.24) is 0 Å². The van der Waals surface area contributed by atoms with E-state index in [0.717, 1.165) is 44.7 Å². The highest BCUT2D eigenvalue weighted by molar-refractivity contribution is 5.49. The lowest BCUT2D eigenvalue weighted by molar-refractivity contribution is -0.108. The monoisotopic (exact) mass is 394 g/mol. The second kappa shape index (κ2) is 30.8. The van der Waals surface area contributed by atoms with E-state index in [4.69, 9.17) is 0 Å². The molecule has 0 unspecified atom stereocenters. The maximum atomic E-state index is 10.1. The average molecular weight is 395 g/mol. The molecule has 0 spiro atoms. The van der Waals surface area contributed by atoms with E-state index in [2.05, 4.69) is 26.0 Å². The fourth-order valence-corrected chi connectivity index (χ4v) is 3.20. The van der Waals surface area contributed by atoms with Crippen molar-refractivity contribution in [3.05, 3.63) is 12.2 Å². The molecule has 0 N–H and O–H groups in total. The van der Waals surface area contributed by atoms with E-state index < -0.39 is 0 Å². The molecule has 0 atom stereocenters. The molecule has 2 nitrogen and oxygen atoms in total. The molecule has 0 saturated carbocycles.